The predicted molar refractivity (Wildman–Crippen MR) is 56.7 cm³/mol. The largest absolute Gasteiger partial charge is 1.00 e. The topological polar surface area (TPSA) is 71.3 Å². The number of amides is 2. The number of nitrogens with one attached hydrogen (secondary N) is 2. The van der Waals surface area contributed by atoms with E-state index in [4.69, 9.17) is 4.42 Å². The van der Waals surface area contributed by atoms with Gasteiger partial charge in [0.15, 0.2) is 5.58 Å². The Morgan fingerprint density at radius 2 is 2.00 bits per heavy atom. The Balaban J connectivity index is 0.00000128. The van der Waals surface area contributed by atoms with Crippen molar-refractivity contribution in [2.24, 2.45) is 0 Å². The summed E-state index contributed by atoms with van der Waals surface area (Å²) in [5.41, 5.74) is 1.71. The van der Waals surface area contributed by atoms with Gasteiger partial charge in [0, 0.05) is 11.1 Å². The first-order valence-corrected chi connectivity index (χ1v) is 4.27. The Morgan fingerprint density at radius 1 is 1.20 bits per heavy atom. The van der Waals surface area contributed by atoms with Crippen LogP contribution >= 0.6 is 0 Å². The van der Waals surface area contributed by atoms with Crippen molar-refractivity contribution in [1.82, 2.24) is 0 Å². The molecule has 0 bridgehead atoms. The van der Waals surface area contributed by atoms with Crippen molar-refractivity contribution in [1.29, 1.82) is 0 Å². The lowest BCUT2D eigenvalue weighted by Crippen LogP contribution is -1.98. The summed E-state index contributed by atoms with van der Waals surface area (Å²) >= 11 is 0. The summed E-state index contributed by atoms with van der Waals surface area (Å²) < 4.78 is 5.20. The van der Waals surface area contributed by atoms with Gasteiger partial charge in [0.1, 0.15) is 0 Å². The molecule has 15 heavy (non-hydrogen) atoms. The van der Waals surface area contributed by atoms with Crippen LogP contribution in [0.25, 0.3) is 11.0 Å². The highest BCUT2D eigenvalue weighted by Gasteiger charge is 2.06. The molecule has 0 radical (unpaired) electrons. The van der Waals surface area contributed by atoms with Crippen molar-refractivity contribution >= 4 is 35.2 Å². The standard InChI is InChI=1S/C10H8N2O3/c13-5-11-8-3-7-1-2-15-10(7)9(4-8)12-6-14/h1-6H,(H,11,13)(H,12,14)/p+1. The van der Waals surface area contributed by atoms with Gasteiger partial charge in [-0.2, -0.15) is 0 Å². The third-order valence-corrected chi connectivity index (χ3v) is 1.99. The summed E-state index contributed by atoms with van der Waals surface area (Å²) in [7, 11) is 0. The van der Waals surface area contributed by atoms with E-state index in [-0.39, 0.29) is 1.43 Å². The maximum atomic E-state index is 10.4. The second-order valence-corrected chi connectivity index (χ2v) is 2.89. The Hall–Kier alpha value is -2.30. The number of hydrogen-bond donors (Lipinski definition) is 2. The SMILES string of the molecule is O=CNc1cc(NC=O)c2occc2c1.[H+]. The van der Waals surface area contributed by atoms with E-state index in [0.717, 1.165) is 5.39 Å². The Bertz CT molecular complexity index is 510. The molecule has 2 amide bonds. The van der Waals surface area contributed by atoms with E-state index in [9.17, 15) is 9.59 Å². The number of anilines is 2. The van der Waals surface area contributed by atoms with Crippen LogP contribution in [0.3, 0.4) is 0 Å². The summed E-state index contributed by atoms with van der Waals surface area (Å²) in [5, 5.41) is 5.83. The summed E-state index contributed by atoms with van der Waals surface area (Å²) in [6.45, 7) is 0. The first-order chi connectivity index (χ1) is 7.35. The van der Waals surface area contributed by atoms with E-state index >= 15 is 0 Å². The molecule has 0 saturated carbocycles. The molecule has 0 saturated heterocycles. The smallest absolute Gasteiger partial charge is 0.462 e. The number of benzene rings is 1. The van der Waals surface area contributed by atoms with Crippen molar-refractivity contribution in [3.63, 3.8) is 0 Å². The van der Waals surface area contributed by atoms with E-state index in [1.54, 1.807) is 18.2 Å². The van der Waals surface area contributed by atoms with E-state index in [0.29, 0.717) is 29.8 Å². The van der Waals surface area contributed by atoms with Crippen LogP contribution in [0.2, 0.25) is 0 Å². The van der Waals surface area contributed by atoms with Crippen LogP contribution in [-0.2, 0) is 9.59 Å². The van der Waals surface area contributed by atoms with Gasteiger partial charge in [0.2, 0.25) is 12.8 Å². The molecule has 0 aliphatic heterocycles. The lowest BCUT2D eigenvalue weighted by atomic mass is 10.2. The van der Waals surface area contributed by atoms with Gasteiger partial charge < -0.3 is 15.1 Å². The number of carbonyl (C=O) groups is 2. The highest BCUT2D eigenvalue weighted by molar-refractivity contribution is 5.97. The Morgan fingerprint density at radius 3 is 2.73 bits per heavy atom. The fourth-order valence-electron chi connectivity index (χ4n) is 1.40. The van der Waals surface area contributed by atoms with Crippen molar-refractivity contribution < 1.29 is 15.4 Å². The molecule has 0 aliphatic rings. The lowest BCUT2D eigenvalue weighted by molar-refractivity contribution is -0.106. The van der Waals surface area contributed by atoms with Crippen molar-refractivity contribution in [3.8, 4) is 0 Å². The van der Waals surface area contributed by atoms with Gasteiger partial charge in [0.05, 0.1) is 12.0 Å². The number of rotatable bonds is 4. The summed E-state index contributed by atoms with van der Waals surface area (Å²) in [6.07, 6.45) is 2.65. The molecule has 5 nitrogen and oxygen atoms in total. The van der Waals surface area contributed by atoms with Gasteiger partial charge in [-0.05, 0) is 18.2 Å². The molecular formula is C10H9N2O3+. The zero-order valence-electron chi connectivity index (χ0n) is 8.69. The van der Waals surface area contributed by atoms with Gasteiger partial charge in [-0.25, -0.2) is 0 Å². The van der Waals surface area contributed by atoms with Gasteiger partial charge in [0.25, 0.3) is 0 Å². The van der Waals surface area contributed by atoms with Crippen molar-refractivity contribution in [2.45, 2.75) is 0 Å². The molecule has 5 heteroatoms. The van der Waals surface area contributed by atoms with E-state index in [2.05, 4.69) is 10.6 Å². The zero-order valence-corrected chi connectivity index (χ0v) is 7.69. The van der Waals surface area contributed by atoms with Crippen LogP contribution in [0.1, 0.15) is 1.43 Å². The Kier molecular flexibility index (Phi) is 2.37. The molecule has 1 aromatic heterocycles. The lowest BCUT2D eigenvalue weighted by Gasteiger charge is -2.03. The van der Waals surface area contributed by atoms with Crippen LogP contribution in [0.5, 0.6) is 0 Å². The molecule has 0 unspecified atom stereocenters. The Labute approximate surface area is 86.5 Å². The van der Waals surface area contributed by atoms with Crippen molar-refractivity contribution in [3.05, 3.63) is 24.5 Å². The first-order valence-electron chi connectivity index (χ1n) is 4.27. The quantitative estimate of drug-likeness (QED) is 0.746. The molecule has 0 fully saturated rings. The third kappa shape index (κ3) is 1.67. The first kappa shape index (κ1) is 9.26. The van der Waals surface area contributed by atoms with Gasteiger partial charge in [-0.1, -0.05) is 0 Å². The van der Waals surface area contributed by atoms with E-state index < -0.39 is 0 Å². The molecule has 2 N–H and O–H groups in total. The number of carbonyl (C=O) groups excluding carboxylic acids is 2. The molecule has 2 rings (SSSR count). The van der Waals surface area contributed by atoms with Crippen LogP contribution in [0, 0.1) is 0 Å². The second kappa shape index (κ2) is 3.83. The molecular weight excluding hydrogens is 196 g/mol. The second-order valence-electron chi connectivity index (χ2n) is 2.89. The minimum Gasteiger partial charge on any atom is -0.462 e. The average Bonchev–Trinajstić information content (AvgIpc) is 2.67. The van der Waals surface area contributed by atoms with Crippen molar-refractivity contribution in [2.75, 3.05) is 10.6 Å². The zero-order chi connectivity index (χ0) is 10.7. The molecule has 0 spiro atoms. The van der Waals surface area contributed by atoms with Gasteiger partial charge in [-0.3, -0.25) is 9.59 Å². The highest BCUT2D eigenvalue weighted by atomic mass is 16.3. The number of hydrogen-bond acceptors (Lipinski definition) is 3. The van der Waals surface area contributed by atoms with Gasteiger partial charge >= 0.3 is 1.43 Å². The normalized spacial score (nSPS) is 9.87. The summed E-state index contributed by atoms with van der Waals surface area (Å²) in [4.78, 5) is 20.7. The fraction of sp³-hybridized carbons (Fsp3) is 0. The van der Waals surface area contributed by atoms with Crippen LogP contribution in [0.15, 0.2) is 28.9 Å². The van der Waals surface area contributed by atoms with E-state index in [1.807, 2.05) is 0 Å². The number of furan rings is 1. The van der Waals surface area contributed by atoms with Crippen LogP contribution in [-0.4, -0.2) is 12.8 Å². The summed E-state index contributed by atoms with van der Waals surface area (Å²) in [6, 6.07) is 5.12. The molecule has 2 aromatic rings. The molecule has 76 valence electrons. The monoisotopic (exact) mass is 205 g/mol. The highest BCUT2D eigenvalue weighted by Crippen LogP contribution is 2.28. The summed E-state index contributed by atoms with van der Waals surface area (Å²) in [5.74, 6) is 0. The fourth-order valence-corrected chi connectivity index (χ4v) is 1.40. The molecule has 0 atom stereocenters. The van der Waals surface area contributed by atoms with Gasteiger partial charge in [-0.15, -0.1) is 0 Å². The minimum absolute atomic E-state index is 0. The van der Waals surface area contributed by atoms with Crippen LogP contribution in [0.4, 0.5) is 11.4 Å². The molecule has 1 heterocycles. The molecule has 0 aliphatic carbocycles. The van der Waals surface area contributed by atoms with E-state index in [1.165, 1.54) is 6.26 Å². The maximum Gasteiger partial charge on any atom is 1.00 e. The molecule has 1 aromatic carbocycles. The predicted octanol–water partition coefficient (Wildman–Crippen LogP) is 1.68. The van der Waals surface area contributed by atoms with Crippen LogP contribution < -0.4 is 10.6 Å². The average molecular weight is 205 g/mol. The third-order valence-electron chi connectivity index (χ3n) is 1.99. The number of fused-ring (bicyclic) bond motifs is 1. The maximum absolute atomic E-state index is 10.4. The minimum atomic E-state index is 0.